The van der Waals surface area contributed by atoms with Gasteiger partial charge in [0.25, 0.3) is 5.69 Å². The van der Waals surface area contributed by atoms with Crippen molar-refractivity contribution in [2.75, 3.05) is 11.5 Å². The Morgan fingerprint density at radius 3 is 2.59 bits per heavy atom. The monoisotopic (exact) mass is 254 g/mol. The number of nitro benzene ring substituents is 1. The van der Waals surface area contributed by atoms with Gasteiger partial charge in [-0.3, -0.25) is 10.1 Å². The molecule has 0 aliphatic heterocycles. The molecule has 0 aromatic heterocycles. The van der Waals surface area contributed by atoms with Crippen molar-refractivity contribution in [3.63, 3.8) is 0 Å². The first kappa shape index (κ1) is 14.0. The summed E-state index contributed by atoms with van der Waals surface area (Å²) in [6, 6.07) is 7.13. The highest BCUT2D eigenvalue weighted by molar-refractivity contribution is 7.99. The molecule has 1 atom stereocenters. The van der Waals surface area contributed by atoms with Crippen molar-refractivity contribution in [3.05, 3.63) is 39.9 Å². The van der Waals surface area contributed by atoms with Gasteiger partial charge in [0.05, 0.1) is 4.92 Å². The van der Waals surface area contributed by atoms with Gasteiger partial charge in [-0.2, -0.15) is 11.8 Å². The van der Waals surface area contributed by atoms with Crippen LogP contribution in [-0.2, 0) is 6.54 Å². The Hall–Kier alpha value is -1.07. The lowest BCUT2D eigenvalue weighted by atomic mass is 10.2. The van der Waals surface area contributed by atoms with E-state index in [0.717, 1.165) is 23.6 Å². The van der Waals surface area contributed by atoms with E-state index in [1.54, 1.807) is 24.3 Å². The zero-order chi connectivity index (χ0) is 12.7. The SMILES string of the molecule is CCSCC(C)NCc1ccc([N+](=O)[O-])cc1. The number of non-ortho nitro benzene ring substituents is 1. The fourth-order valence-electron chi connectivity index (χ4n) is 1.38. The van der Waals surface area contributed by atoms with Crippen LogP contribution >= 0.6 is 11.8 Å². The van der Waals surface area contributed by atoms with Crippen LogP contribution < -0.4 is 5.32 Å². The van der Waals surface area contributed by atoms with Crippen LogP contribution in [0.5, 0.6) is 0 Å². The molecule has 4 nitrogen and oxygen atoms in total. The largest absolute Gasteiger partial charge is 0.309 e. The minimum atomic E-state index is -0.377. The van der Waals surface area contributed by atoms with Gasteiger partial charge in [0.2, 0.25) is 0 Å². The van der Waals surface area contributed by atoms with Crippen LogP contribution in [0.3, 0.4) is 0 Å². The zero-order valence-corrected chi connectivity index (χ0v) is 11.0. The topological polar surface area (TPSA) is 55.2 Å². The van der Waals surface area contributed by atoms with Crippen LogP contribution in [-0.4, -0.2) is 22.5 Å². The molecule has 17 heavy (non-hydrogen) atoms. The summed E-state index contributed by atoms with van der Waals surface area (Å²) in [6.07, 6.45) is 0. The van der Waals surface area contributed by atoms with Crippen molar-refractivity contribution < 1.29 is 4.92 Å². The minimum Gasteiger partial charge on any atom is -0.309 e. The molecule has 0 radical (unpaired) electrons. The molecule has 0 saturated carbocycles. The van der Waals surface area contributed by atoms with Crippen molar-refractivity contribution in [1.29, 1.82) is 0 Å². The van der Waals surface area contributed by atoms with Crippen LogP contribution in [0.4, 0.5) is 5.69 Å². The predicted molar refractivity (Wildman–Crippen MR) is 72.4 cm³/mol. The number of hydrogen-bond acceptors (Lipinski definition) is 4. The second-order valence-corrected chi connectivity index (χ2v) is 5.18. The van der Waals surface area contributed by atoms with Crippen molar-refractivity contribution in [1.82, 2.24) is 5.32 Å². The molecule has 1 N–H and O–H groups in total. The second kappa shape index (κ2) is 7.29. The van der Waals surface area contributed by atoms with Crippen LogP contribution in [0.25, 0.3) is 0 Å². The summed E-state index contributed by atoms with van der Waals surface area (Å²) in [7, 11) is 0. The third kappa shape index (κ3) is 5.19. The Bertz CT molecular complexity index is 354. The number of hydrogen-bond donors (Lipinski definition) is 1. The Morgan fingerprint density at radius 1 is 1.41 bits per heavy atom. The highest BCUT2D eigenvalue weighted by Crippen LogP contribution is 2.12. The highest BCUT2D eigenvalue weighted by atomic mass is 32.2. The lowest BCUT2D eigenvalue weighted by Crippen LogP contribution is -2.27. The van der Waals surface area contributed by atoms with Crippen molar-refractivity contribution >= 4 is 17.4 Å². The molecule has 0 aliphatic carbocycles. The van der Waals surface area contributed by atoms with Crippen molar-refractivity contribution in [2.24, 2.45) is 0 Å². The molecule has 0 amide bonds. The maximum Gasteiger partial charge on any atom is 0.269 e. The van der Waals surface area contributed by atoms with Gasteiger partial charge in [0.1, 0.15) is 0 Å². The number of thioether (sulfide) groups is 1. The molecule has 5 heteroatoms. The summed E-state index contributed by atoms with van der Waals surface area (Å²) in [5, 5.41) is 13.9. The average Bonchev–Trinajstić information content (AvgIpc) is 2.34. The number of nitro groups is 1. The predicted octanol–water partition coefficient (Wildman–Crippen LogP) is 2.83. The van der Waals surface area contributed by atoms with E-state index in [-0.39, 0.29) is 10.6 Å². The van der Waals surface area contributed by atoms with Crippen LogP contribution in [0, 0.1) is 10.1 Å². The van der Waals surface area contributed by atoms with E-state index in [0.29, 0.717) is 6.04 Å². The lowest BCUT2D eigenvalue weighted by molar-refractivity contribution is -0.384. The van der Waals surface area contributed by atoms with Gasteiger partial charge in [-0.1, -0.05) is 19.1 Å². The Labute approximate surface area is 106 Å². The van der Waals surface area contributed by atoms with E-state index >= 15 is 0 Å². The molecular weight excluding hydrogens is 236 g/mol. The summed E-state index contributed by atoms with van der Waals surface area (Å²) >= 11 is 1.91. The molecule has 0 aliphatic rings. The third-order valence-corrected chi connectivity index (χ3v) is 3.52. The van der Waals surface area contributed by atoms with E-state index in [9.17, 15) is 10.1 Å². The minimum absolute atomic E-state index is 0.142. The molecule has 0 bridgehead atoms. The van der Waals surface area contributed by atoms with E-state index in [2.05, 4.69) is 19.2 Å². The van der Waals surface area contributed by atoms with Crippen molar-refractivity contribution in [3.8, 4) is 0 Å². The van der Waals surface area contributed by atoms with E-state index < -0.39 is 0 Å². The average molecular weight is 254 g/mol. The van der Waals surface area contributed by atoms with E-state index in [4.69, 9.17) is 0 Å². The van der Waals surface area contributed by atoms with Gasteiger partial charge in [0, 0.05) is 30.5 Å². The maximum absolute atomic E-state index is 10.5. The van der Waals surface area contributed by atoms with Crippen LogP contribution in [0.2, 0.25) is 0 Å². The van der Waals surface area contributed by atoms with E-state index in [1.807, 2.05) is 11.8 Å². The highest BCUT2D eigenvalue weighted by Gasteiger charge is 2.05. The standard InChI is InChI=1S/C12H18N2O2S/c1-3-17-9-10(2)13-8-11-4-6-12(7-5-11)14(15)16/h4-7,10,13H,3,8-9H2,1-2H3. The molecule has 1 aromatic rings. The first-order valence-electron chi connectivity index (χ1n) is 5.68. The first-order valence-corrected chi connectivity index (χ1v) is 6.83. The van der Waals surface area contributed by atoms with Crippen molar-refractivity contribution in [2.45, 2.75) is 26.4 Å². The Balaban J connectivity index is 2.39. The second-order valence-electron chi connectivity index (χ2n) is 3.86. The van der Waals surface area contributed by atoms with Gasteiger partial charge in [-0.15, -0.1) is 0 Å². The summed E-state index contributed by atoms with van der Waals surface area (Å²) in [5.74, 6) is 2.22. The van der Waals surface area contributed by atoms with Gasteiger partial charge >= 0.3 is 0 Å². The van der Waals surface area contributed by atoms with Crippen LogP contribution in [0.1, 0.15) is 19.4 Å². The Morgan fingerprint density at radius 2 is 2.06 bits per heavy atom. The number of benzene rings is 1. The van der Waals surface area contributed by atoms with Gasteiger partial charge in [0.15, 0.2) is 0 Å². The molecule has 94 valence electrons. The third-order valence-electron chi connectivity index (χ3n) is 2.37. The molecular formula is C12H18N2O2S. The smallest absolute Gasteiger partial charge is 0.269 e. The van der Waals surface area contributed by atoms with Crippen LogP contribution in [0.15, 0.2) is 24.3 Å². The molecule has 0 saturated heterocycles. The van der Waals surface area contributed by atoms with Gasteiger partial charge in [-0.05, 0) is 18.2 Å². The first-order chi connectivity index (χ1) is 8.13. The zero-order valence-electron chi connectivity index (χ0n) is 10.2. The number of rotatable bonds is 7. The summed E-state index contributed by atoms with van der Waals surface area (Å²) in [5.41, 5.74) is 1.22. The fraction of sp³-hybridized carbons (Fsp3) is 0.500. The lowest BCUT2D eigenvalue weighted by Gasteiger charge is -2.12. The summed E-state index contributed by atoms with van der Waals surface area (Å²) in [6.45, 7) is 5.05. The molecule has 0 spiro atoms. The van der Waals surface area contributed by atoms with Gasteiger partial charge < -0.3 is 5.32 Å². The summed E-state index contributed by atoms with van der Waals surface area (Å²) < 4.78 is 0. The quantitative estimate of drug-likeness (QED) is 0.600. The van der Waals surface area contributed by atoms with E-state index in [1.165, 1.54) is 0 Å². The molecule has 1 rings (SSSR count). The summed E-state index contributed by atoms with van der Waals surface area (Å²) in [4.78, 5) is 10.1. The van der Waals surface area contributed by atoms with Gasteiger partial charge in [-0.25, -0.2) is 0 Å². The normalized spacial score (nSPS) is 12.4. The molecule has 0 heterocycles. The molecule has 1 aromatic carbocycles. The molecule has 0 fully saturated rings. The number of nitrogens with one attached hydrogen (secondary N) is 1. The number of nitrogens with zero attached hydrogens (tertiary/aromatic N) is 1. The fourth-order valence-corrected chi connectivity index (χ4v) is 2.09. The molecule has 1 unspecified atom stereocenters. The Kier molecular flexibility index (Phi) is 6.00. The maximum atomic E-state index is 10.5.